The molecule has 1 aliphatic rings. The summed E-state index contributed by atoms with van der Waals surface area (Å²) in [6.07, 6.45) is 1.99. The molecule has 124 valence electrons. The lowest BCUT2D eigenvalue weighted by Gasteiger charge is -2.15. The molecule has 0 aromatic carbocycles. The molecule has 1 N–H and O–H groups in total. The molecule has 0 saturated heterocycles. The maximum atomic E-state index is 13.0. The number of thiophene rings is 1. The summed E-state index contributed by atoms with van der Waals surface area (Å²) in [4.78, 5) is 32.9. The van der Waals surface area contributed by atoms with E-state index in [1.807, 2.05) is 25.9 Å². The normalized spacial score (nSPS) is 17.1. The van der Waals surface area contributed by atoms with Crippen LogP contribution in [-0.4, -0.2) is 46.2 Å². The average molecular weight is 335 g/mol. The van der Waals surface area contributed by atoms with Crippen LogP contribution in [0.25, 0.3) is 10.2 Å². The largest absolute Gasteiger partial charge is 0.481 e. The molecule has 7 heteroatoms. The molecule has 0 aliphatic heterocycles. The Kier molecular flexibility index (Phi) is 4.25. The first-order valence-corrected chi connectivity index (χ1v) is 8.68. The lowest BCUT2D eigenvalue weighted by atomic mass is 10.0. The number of likely N-dealkylation sites (N-methyl/N-ethyl adjacent to an activating group) is 1. The molecular weight excluding hydrogens is 314 g/mol. The molecule has 1 unspecified atom stereocenters. The molecule has 0 amide bonds. The Morgan fingerprint density at radius 3 is 2.83 bits per heavy atom. The van der Waals surface area contributed by atoms with Crippen molar-refractivity contribution >= 4 is 27.5 Å². The molecule has 1 atom stereocenters. The van der Waals surface area contributed by atoms with Crippen molar-refractivity contribution in [3.8, 4) is 0 Å². The van der Waals surface area contributed by atoms with Crippen LogP contribution < -0.4 is 5.56 Å². The summed E-state index contributed by atoms with van der Waals surface area (Å²) in [6.45, 7) is 3.30. The van der Waals surface area contributed by atoms with E-state index < -0.39 is 11.9 Å². The topological polar surface area (TPSA) is 75.4 Å². The molecule has 23 heavy (non-hydrogen) atoms. The number of fused-ring (bicyclic) bond motifs is 3. The summed E-state index contributed by atoms with van der Waals surface area (Å²) >= 11 is 1.49. The van der Waals surface area contributed by atoms with Crippen LogP contribution in [0.3, 0.4) is 0 Å². The highest BCUT2D eigenvalue weighted by atomic mass is 32.1. The molecular formula is C16H21N3O3S. The second-order valence-corrected chi connectivity index (χ2v) is 7.27. The zero-order chi connectivity index (χ0) is 16.7. The number of nitrogens with zero attached hydrogens (tertiary/aromatic N) is 3. The smallest absolute Gasteiger partial charge is 0.311 e. The Morgan fingerprint density at radius 1 is 1.48 bits per heavy atom. The Hall–Kier alpha value is -1.73. The van der Waals surface area contributed by atoms with Gasteiger partial charge in [-0.1, -0.05) is 6.92 Å². The number of aliphatic carboxylic acids is 1. The number of rotatable bonds is 5. The van der Waals surface area contributed by atoms with Crippen molar-refractivity contribution in [1.82, 2.24) is 14.5 Å². The first-order valence-electron chi connectivity index (χ1n) is 7.86. The fourth-order valence-electron chi connectivity index (χ4n) is 3.21. The predicted molar refractivity (Wildman–Crippen MR) is 90.5 cm³/mol. The van der Waals surface area contributed by atoms with Gasteiger partial charge in [0.15, 0.2) is 0 Å². The average Bonchev–Trinajstić information content (AvgIpc) is 3.03. The molecule has 6 nitrogen and oxygen atoms in total. The summed E-state index contributed by atoms with van der Waals surface area (Å²) in [7, 11) is 3.93. The molecule has 2 aromatic rings. The van der Waals surface area contributed by atoms with Crippen LogP contribution in [-0.2, 0) is 24.2 Å². The fraction of sp³-hybridized carbons (Fsp3) is 0.562. The number of carbonyl (C=O) groups is 1. The predicted octanol–water partition coefficient (Wildman–Crippen LogP) is 1.70. The molecule has 0 spiro atoms. The van der Waals surface area contributed by atoms with Crippen LogP contribution in [0.2, 0.25) is 0 Å². The second-order valence-electron chi connectivity index (χ2n) is 6.19. The number of carboxylic acid groups (broad SMARTS) is 1. The Balaban J connectivity index is 2.21. The van der Waals surface area contributed by atoms with Gasteiger partial charge in [0.2, 0.25) is 0 Å². The first kappa shape index (κ1) is 16.1. The van der Waals surface area contributed by atoms with Crippen LogP contribution >= 0.6 is 11.3 Å². The van der Waals surface area contributed by atoms with Crippen LogP contribution in [0.15, 0.2) is 4.79 Å². The van der Waals surface area contributed by atoms with Gasteiger partial charge in [0, 0.05) is 24.4 Å². The molecule has 0 radical (unpaired) electrons. The van der Waals surface area contributed by atoms with E-state index in [1.165, 1.54) is 11.3 Å². The monoisotopic (exact) mass is 335 g/mol. The van der Waals surface area contributed by atoms with Gasteiger partial charge >= 0.3 is 5.97 Å². The molecule has 1 aliphatic carbocycles. The van der Waals surface area contributed by atoms with Gasteiger partial charge in [0.05, 0.1) is 11.3 Å². The summed E-state index contributed by atoms with van der Waals surface area (Å²) in [5.41, 5.74) is 0.635. The van der Waals surface area contributed by atoms with E-state index in [0.29, 0.717) is 29.6 Å². The lowest BCUT2D eigenvalue weighted by Crippen LogP contribution is -2.30. The van der Waals surface area contributed by atoms with Gasteiger partial charge in [0.1, 0.15) is 10.7 Å². The Morgan fingerprint density at radius 2 is 2.22 bits per heavy atom. The first-order chi connectivity index (χ1) is 10.9. The zero-order valence-corrected chi connectivity index (χ0v) is 14.4. The second kappa shape index (κ2) is 6.05. The van der Waals surface area contributed by atoms with Crippen molar-refractivity contribution in [2.75, 3.05) is 20.6 Å². The van der Waals surface area contributed by atoms with E-state index in [2.05, 4.69) is 4.98 Å². The van der Waals surface area contributed by atoms with Gasteiger partial charge in [-0.25, -0.2) is 4.98 Å². The highest BCUT2D eigenvalue weighted by Crippen LogP contribution is 2.42. The number of aromatic nitrogens is 2. The SMILES string of the molecule is CCc1nc2sc3c(c2c(=O)n1CCN(C)C)C(C(=O)O)CC3. The van der Waals surface area contributed by atoms with Crippen molar-refractivity contribution in [3.63, 3.8) is 0 Å². The van der Waals surface area contributed by atoms with Crippen LogP contribution in [0.5, 0.6) is 0 Å². The molecule has 3 rings (SSSR count). The number of carboxylic acids is 1. The number of aryl methyl sites for hydroxylation is 2. The quantitative estimate of drug-likeness (QED) is 0.900. The van der Waals surface area contributed by atoms with Crippen molar-refractivity contribution < 1.29 is 9.90 Å². The van der Waals surface area contributed by atoms with Crippen LogP contribution in [0.1, 0.15) is 35.5 Å². The summed E-state index contributed by atoms with van der Waals surface area (Å²) in [5.74, 6) is -0.638. The Labute approximate surface area is 138 Å². The van der Waals surface area contributed by atoms with Gasteiger partial charge in [-0.05, 0) is 32.5 Å². The van der Waals surface area contributed by atoms with E-state index in [-0.39, 0.29) is 5.56 Å². The van der Waals surface area contributed by atoms with Crippen molar-refractivity contribution in [2.45, 2.75) is 38.6 Å². The number of hydrogen-bond donors (Lipinski definition) is 1. The van der Waals surface area contributed by atoms with Crippen LogP contribution in [0, 0.1) is 0 Å². The van der Waals surface area contributed by atoms with E-state index in [4.69, 9.17) is 0 Å². The molecule has 0 saturated carbocycles. The maximum absolute atomic E-state index is 13.0. The van der Waals surface area contributed by atoms with Crippen molar-refractivity contribution in [2.24, 2.45) is 0 Å². The summed E-state index contributed by atoms with van der Waals surface area (Å²) < 4.78 is 1.71. The lowest BCUT2D eigenvalue weighted by molar-refractivity contribution is -0.138. The fourth-order valence-corrected chi connectivity index (χ4v) is 4.47. The van der Waals surface area contributed by atoms with Gasteiger partial charge in [-0.3, -0.25) is 14.2 Å². The van der Waals surface area contributed by atoms with Crippen molar-refractivity contribution in [3.05, 3.63) is 26.6 Å². The third-order valence-electron chi connectivity index (χ3n) is 4.40. The zero-order valence-electron chi connectivity index (χ0n) is 13.6. The third kappa shape index (κ3) is 2.68. The highest BCUT2D eigenvalue weighted by molar-refractivity contribution is 7.18. The minimum Gasteiger partial charge on any atom is -0.481 e. The molecule has 0 bridgehead atoms. The standard InChI is InChI=1S/C16H21N3O3S/c1-4-11-17-14-13(15(20)19(11)8-7-18(2)3)12-9(16(21)22)5-6-10(12)23-14/h9H,4-8H2,1-3H3,(H,21,22). The van der Waals surface area contributed by atoms with E-state index >= 15 is 0 Å². The minimum atomic E-state index is -0.845. The van der Waals surface area contributed by atoms with Gasteiger partial charge < -0.3 is 10.0 Å². The Bertz CT molecular complexity index is 822. The minimum absolute atomic E-state index is 0.0839. The van der Waals surface area contributed by atoms with Gasteiger partial charge in [0.25, 0.3) is 5.56 Å². The van der Waals surface area contributed by atoms with E-state index in [0.717, 1.165) is 29.2 Å². The molecule has 0 fully saturated rings. The van der Waals surface area contributed by atoms with Crippen LogP contribution in [0.4, 0.5) is 0 Å². The highest BCUT2D eigenvalue weighted by Gasteiger charge is 2.34. The summed E-state index contributed by atoms with van der Waals surface area (Å²) in [6, 6.07) is 0. The van der Waals surface area contributed by atoms with E-state index in [1.54, 1.807) is 4.57 Å². The maximum Gasteiger partial charge on any atom is 0.311 e. The molecule has 2 heterocycles. The van der Waals surface area contributed by atoms with E-state index in [9.17, 15) is 14.7 Å². The third-order valence-corrected chi connectivity index (χ3v) is 5.56. The van der Waals surface area contributed by atoms with Gasteiger partial charge in [-0.2, -0.15) is 0 Å². The molecule has 2 aromatic heterocycles. The van der Waals surface area contributed by atoms with Crippen molar-refractivity contribution in [1.29, 1.82) is 0 Å². The van der Waals surface area contributed by atoms with Gasteiger partial charge in [-0.15, -0.1) is 11.3 Å². The number of hydrogen-bond acceptors (Lipinski definition) is 5. The summed E-state index contributed by atoms with van der Waals surface area (Å²) in [5, 5.41) is 9.98.